The van der Waals surface area contributed by atoms with E-state index in [2.05, 4.69) is 20.3 Å². The maximum absolute atomic E-state index is 15.1. The largest absolute Gasteiger partial charge is 0.464 e. The number of benzene rings is 1. The zero-order chi connectivity index (χ0) is 25.0. The Morgan fingerprint density at radius 1 is 1.17 bits per heavy atom. The van der Waals surface area contributed by atoms with Crippen LogP contribution in [0, 0.1) is 6.92 Å². The highest BCUT2D eigenvalue weighted by Crippen LogP contribution is 2.43. The van der Waals surface area contributed by atoms with Crippen LogP contribution in [0.1, 0.15) is 35.3 Å². The molecule has 1 aliphatic rings. The smallest absolute Gasteiger partial charge is 0.318 e. The molecule has 0 spiro atoms. The summed E-state index contributed by atoms with van der Waals surface area (Å²) >= 11 is 0. The zero-order valence-corrected chi connectivity index (χ0v) is 19.8. The number of aromatic nitrogens is 3. The first-order valence-corrected chi connectivity index (χ1v) is 11.4. The van der Waals surface area contributed by atoms with Gasteiger partial charge in [-0.2, -0.15) is 9.97 Å². The van der Waals surface area contributed by atoms with Crippen molar-refractivity contribution in [3.05, 3.63) is 59.4 Å². The van der Waals surface area contributed by atoms with Gasteiger partial charge in [-0.15, -0.1) is 0 Å². The molecule has 0 aliphatic carbocycles. The number of hydrogen-bond acceptors (Lipinski definition) is 7. The first-order chi connectivity index (χ1) is 16.8. The minimum Gasteiger partial charge on any atom is -0.464 e. The van der Waals surface area contributed by atoms with Gasteiger partial charge in [0.05, 0.1) is 36.8 Å². The van der Waals surface area contributed by atoms with Crippen LogP contribution < -0.4 is 15.0 Å². The molecule has 0 saturated carbocycles. The van der Waals surface area contributed by atoms with E-state index in [4.69, 9.17) is 9.47 Å². The van der Waals surface area contributed by atoms with Gasteiger partial charge in [-0.1, -0.05) is 6.07 Å². The summed E-state index contributed by atoms with van der Waals surface area (Å²) in [6, 6.07) is 7.98. The van der Waals surface area contributed by atoms with Crippen LogP contribution in [-0.4, -0.2) is 53.8 Å². The van der Waals surface area contributed by atoms with Crippen LogP contribution >= 0.6 is 0 Å². The number of alkyl halides is 2. The molecule has 0 unspecified atom stereocenters. The lowest BCUT2D eigenvalue weighted by Gasteiger charge is -2.28. The number of carbonyl (C=O) groups is 1. The molecule has 2 aromatic heterocycles. The number of nitrogens with zero attached hydrogens (tertiary/aromatic N) is 4. The van der Waals surface area contributed by atoms with E-state index in [9.17, 15) is 4.79 Å². The molecule has 1 aromatic carbocycles. The summed E-state index contributed by atoms with van der Waals surface area (Å²) < 4.78 is 41.3. The van der Waals surface area contributed by atoms with Crippen molar-refractivity contribution < 1.29 is 23.0 Å². The Kier molecular flexibility index (Phi) is 7.20. The summed E-state index contributed by atoms with van der Waals surface area (Å²) in [5.74, 6) is -3.23. The van der Waals surface area contributed by atoms with Crippen LogP contribution in [0.2, 0.25) is 0 Å². The maximum Gasteiger partial charge on any atom is 0.318 e. The number of aryl methyl sites for hydroxylation is 1. The molecule has 0 atom stereocenters. The number of pyridine rings is 1. The fourth-order valence-corrected chi connectivity index (χ4v) is 3.98. The fraction of sp³-hybridized carbons (Fsp3) is 0.360. The lowest BCUT2D eigenvalue weighted by molar-refractivity contribution is 0.0188. The summed E-state index contributed by atoms with van der Waals surface area (Å²) in [5.41, 5.74) is 1.08. The molecule has 3 heterocycles. The van der Waals surface area contributed by atoms with Gasteiger partial charge in [0, 0.05) is 49.6 Å². The van der Waals surface area contributed by atoms with E-state index >= 15 is 8.78 Å². The van der Waals surface area contributed by atoms with Gasteiger partial charge in [0.1, 0.15) is 5.82 Å². The molecule has 1 amide bonds. The topological polar surface area (TPSA) is 89.5 Å². The van der Waals surface area contributed by atoms with E-state index in [1.807, 2.05) is 4.90 Å². The number of ether oxygens (including phenoxy) is 2. The zero-order valence-electron chi connectivity index (χ0n) is 19.8. The highest BCUT2D eigenvalue weighted by atomic mass is 19.3. The van der Waals surface area contributed by atoms with Crippen molar-refractivity contribution >= 4 is 17.4 Å². The van der Waals surface area contributed by atoms with Crippen molar-refractivity contribution in [2.75, 3.05) is 43.1 Å². The molecule has 1 fully saturated rings. The maximum atomic E-state index is 15.1. The lowest BCUT2D eigenvalue weighted by Crippen LogP contribution is -2.36. The minimum atomic E-state index is -3.28. The molecule has 1 aliphatic heterocycles. The highest BCUT2D eigenvalue weighted by molar-refractivity contribution is 6.05. The molecule has 8 nitrogen and oxygen atoms in total. The lowest BCUT2D eigenvalue weighted by atomic mass is 9.93. The molecule has 35 heavy (non-hydrogen) atoms. The van der Waals surface area contributed by atoms with Crippen LogP contribution in [0.25, 0.3) is 11.3 Å². The van der Waals surface area contributed by atoms with Crippen molar-refractivity contribution in [3.8, 4) is 17.3 Å². The standard InChI is InChI=1S/C25H27F2N5O3/c1-4-35-24-30-19(15-20(31-24)32-11-13-34-14-12-32)21-16(2)5-6-18(22(21)25(3,26)27)29-23(33)17-7-9-28-10-8-17/h5-10,15H,4,11-14H2,1-3H3,(H,29,33). The van der Waals surface area contributed by atoms with Crippen LogP contribution in [0.15, 0.2) is 42.7 Å². The van der Waals surface area contributed by atoms with E-state index < -0.39 is 11.8 Å². The third-order valence-corrected chi connectivity index (χ3v) is 5.60. The van der Waals surface area contributed by atoms with Crippen molar-refractivity contribution in [1.82, 2.24) is 15.0 Å². The summed E-state index contributed by atoms with van der Waals surface area (Å²) in [5, 5.41) is 2.64. The molecule has 1 N–H and O–H groups in total. The molecule has 10 heteroatoms. The molecule has 0 bridgehead atoms. The van der Waals surface area contributed by atoms with Gasteiger partial charge in [-0.05, 0) is 37.6 Å². The minimum absolute atomic E-state index is 0.00408. The third kappa shape index (κ3) is 5.54. The van der Waals surface area contributed by atoms with E-state index in [0.717, 1.165) is 6.92 Å². The summed E-state index contributed by atoms with van der Waals surface area (Å²) in [6.45, 7) is 6.96. The Labute approximate surface area is 202 Å². The third-order valence-electron chi connectivity index (χ3n) is 5.60. The Morgan fingerprint density at radius 2 is 1.89 bits per heavy atom. The highest BCUT2D eigenvalue weighted by Gasteiger charge is 2.34. The van der Waals surface area contributed by atoms with E-state index in [1.54, 1.807) is 26.0 Å². The second kappa shape index (κ2) is 10.3. The average Bonchev–Trinajstić information content (AvgIpc) is 2.85. The van der Waals surface area contributed by atoms with Gasteiger partial charge in [0.2, 0.25) is 0 Å². The van der Waals surface area contributed by atoms with E-state index in [0.29, 0.717) is 55.5 Å². The van der Waals surface area contributed by atoms with Crippen LogP contribution in [0.3, 0.4) is 0 Å². The predicted molar refractivity (Wildman–Crippen MR) is 128 cm³/mol. The molecule has 184 valence electrons. The number of halogens is 2. The van der Waals surface area contributed by atoms with Gasteiger partial charge >= 0.3 is 6.01 Å². The number of rotatable bonds is 7. The number of carbonyl (C=O) groups excluding carboxylic acids is 1. The normalized spacial score (nSPS) is 14.0. The second-order valence-electron chi connectivity index (χ2n) is 8.18. The monoisotopic (exact) mass is 483 g/mol. The van der Waals surface area contributed by atoms with E-state index in [-0.39, 0.29) is 22.8 Å². The Bertz CT molecular complexity index is 1200. The quantitative estimate of drug-likeness (QED) is 0.531. The van der Waals surface area contributed by atoms with Gasteiger partial charge in [-0.3, -0.25) is 9.78 Å². The van der Waals surface area contributed by atoms with Crippen molar-refractivity contribution in [2.24, 2.45) is 0 Å². The van der Waals surface area contributed by atoms with Crippen LogP contribution in [-0.2, 0) is 10.7 Å². The molecular formula is C25H27F2N5O3. The van der Waals surface area contributed by atoms with Crippen LogP contribution in [0.5, 0.6) is 6.01 Å². The Hall–Kier alpha value is -3.66. The molecule has 1 saturated heterocycles. The number of hydrogen-bond donors (Lipinski definition) is 1. The summed E-state index contributed by atoms with van der Waals surface area (Å²) in [7, 11) is 0. The molecule has 0 radical (unpaired) electrons. The SMILES string of the molecule is CCOc1nc(-c2c(C)ccc(NC(=O)c3ccncc3)c2C(C)(F)F)cc(N2CCOCC2)n1. The molecular weight excluding hydrogens is 456 g/mol. The van der Waals surface area contributed by atoms with Gasteiger partial charge in [0.25, 0.3) is 11.8 Å². The van der Waals surface area contributed by atoms with Crippen molar-refractivity contribution in [1.29, 1.82) is 0 Å². The molecule has 3 aromatic rings. The Balaban J connectivity index is 1.85. The molecule has 4 rings (SSSR count). The summed E-state index contributed by atoms with van der Waals surface area (Å²) in [4.78, 5) is 27.6. The van der Waals surface area contributed by atoms with Crippen molar-refractivity contribution in [2.45, 2.75) is 26.7 Å². The fourth-order valence-electron chi connectivity index (χ4n) is 3.98. The Morgan fingerprint density at radius 3 is 2.54 bits per heavy atom. The predicted octanol–water partition coefficient (Wildman–Crippen LogP) is 4.45. The first kappa shape index (κ1) is 24.5. The van der Waals surface area contributed by atoms with Gasteiger partial charge < -0.3 is 19.7 Å². The van der Waals surface area contributed by atoms with Gasteiger partial charge in [-0.25, -0.2) is 8.78 Å². The number of amides is 1. The number of nitrogens with one attached hydrogen (secondary N) is 1. The number of anilines is 2. The first-order valence-electron chi connectivity index (χ1n) is 11.4. The summed E-state index contributed by atoms with van der Waals surface area (Å²) in [6.07, 6.45) is 2.93. The van der Waals surface area contributed by atoms with Crippen molar-refractivity contribution in [3.63, 3.8) is 0 Å². The average molecular weight is 484 g/mol. The van der Waals surface area contributed by atoms with E-state index in [1.165, 1.54) is 30.6 Å². The number of morpholine rings is 1. The van der Waals surface area contributed by atoms with Gasteiger partial charge in [0.15, 0.2) is 0 Å². The van der Waals surface area contributed by atoms with Crippen LogP contribution in [0.4, 0.5) is 20.3 Å². The second-order valence-corrected chi connectivity index (χ2v) is 8.18.